The normalized spacial score (nSPS) is 13.1. The molecular formula is C13H21FN2S. The third-order valence-electron chi connectivity index (χ3n) is 2.68. The Morgan fingerprint density at radius 3 is 2.71 bits per heavy atom. The van der Waals surface area contributed by atoms with Crippen LogP contribution < -0.4 is 5.32 Å². The lowest BCUT2D eigenvalue weighted by Crippen LogP contribution is -2.16. The Kier molecular flexibility index (Phi) is 5.95. The molecule has 0 saturated carbocycles. The highest BCUT2D eigenvalue weighted by Gasteiger charge is 2.13. The number of nitrogens with one attached hydrogen (secondary N) is 1. The van der Waals surface area contributed by atoms with Gasteiger partial charge in [-0.25, -0.2) is 4.39 Å². The fourth-order valence-corrected chi connectivity index (χ4v) is 2.78. The Morgan fingerprint density at radius 2 is 2.12 bits per heavy atom. The van der Waals surface area contributed by atoms with Crippen molar-refractivity contribution in [3.05, 3.63) is 29.6 Å². The van der Waals surface area contributed by atoms with E-state index in [2.05, 4.69) is 10.2 Å². The molecule has 1 rings (SSSR count). The zero-order valence-corrected chi connectivity index (χ0v) is 11.8. The van der Waals surface area contributed by atoms with Gasteiger partial charge in [0.1, 0.15) is 5.82 Å². The highest BCUT2D eigenvalue weighted by Crippen LogP contribution is 2.29. The summed E-state index contributed by atoms with van der Waals surface area (Å²) >= 11 is 1.59. The zero-order chi connectivity index (χ0) is 12.8. The highest BCUT2D eigenvalue weighted by atomic mass is 32.2. The average Bonchev–Trinajstić information content (AvgIpc) is 2.29. The lowest BCUT2D eigenvalue weighted by atomic mass is 10.1. The summed E-state index contributed by atoms with van der Waals surface area (Å²) in [6.07, 6.45) is 0. The van der Waals surface area contributed by atoms with Gasteiger partial charge in [-0.15, -0.1) is 11.8 Å². The molecule has 1 aromatic carbocycles. The summed E-state index contributed by atoms with van der Waals surface area (Å²) in [4.78, 5) is 2.88. The maximum Gasteiger partial charge on any atom is 0.137 e. The number of halogens is 1. The number of hydrogen-bond donors (Lipinski definition) is 1. The van der Waals surface area contributed by atoms with Gasteiger partial charge in [0.25, 0.3) is 0 Å². The van der Waals surface area contributed by atoms with Gasteiger partial charge in [0, 0.05) is 23.2 Å². The van der Waals surface area contributed by atoms with Crippen molar-refractivity contribution in [1.29, 1.82) is 0 Å². The van der Waals surface area contributed by atoms with Gasteiger partial charge in [-0.3, -0.25) is 0 Å². The number of hydrogen-bond acceptors (Lipinski definition) is 3. The Labute approximate surface area is 108 Å². The van der Waals surface area contributed by atoms with Crippen molar-refractivity contribution in [3.63, 3.8) is 0 Å². The molecule has 0 spiro atoms. The van der Waals surface area contributed by atoms with E-state index >= 15 is 0 Å². The summed E-state index contributed by atoms with van der Waals surface area (Å²) in [7, 11) is 5.95. The molecule has 1 unspecified atom stereocenters. The molecule has 0 heterocycles. The largest absolute Gasteiger partial charge is 0.313 e. The Hall–Kier alpha value is -0.580. The molecule has 0 bridgehead atoms. The van der Waals surface area contributed by atoms with Gasteiger partial charge in [0.15, 0.2) is 0 Å². The van der Waals surface area contributed by atoms with Gasteiger partial charge in [0.2, 0.25) is 0 Å². The quantitative estimate of drug-likeness (QED) is 0.788. The van der Waals surface area contributed by atoms with E-state index in [4.69, 9.17) is 0 Å². The minimum absolute atomic E-state index is 0.117. The van der Waals surface area contributed by atoms with Gasteiger partial charge in [-0.2, -0.15) is 0 Å². The van der Waals surface area contributed by atoms with Crippen LogP contribution in [0.4, 0.5) is 4.39 Å². The second-order valence-corrected chi connectivity index (χ2v) is 5.43. The van der Waals surface area contributed by atoms with Crippen LogP contribution in [0, 0.1) is 5.82 Å². The molecule has 1 aromatic rings. The van der Waals surface area contributed by atoms with Crippen LogP contribution in [0.1, 0.15) is 18.5 Å². The van der Waals surface area contributed by atoms with Gasteiger partial charge < -0.3 is 10.2 Å². The lowest BCUT2D eigenvalue weighted by molar-refractivity contribution is 0.437. The molecule has 1 atom stereocenters. The van der Waals surface area contributed by atoms with Crippen molar-refractivity contribution < 1.29 is 4.39 Å². The van der Waals surface area contributed by atoms with Crippen molar-refractivity contribution in [3.8, 4) is 0 Å². The summed E-state index contributed by atoms with van der Waals surface area (Å²) in [5, 5.41) is 3.16. The van der Waals surface area contributed by atoms with E-state index < -0.39 is 0 Å². The van der Waals surface area contributed by atoms with Crippen LogP contribution in [0.15, 0.2) is 23.1 Å². The van der Waals surface area contributed by atoms with E-state index in [0.717, 1.165) is 22.8 Å². The van der Waals surface area contributed by atoms with Crippen LogP contribution in [0.2, 0.25) is 0 Å². The molecule has 0 aliphatic carbocycles. The molecule has 0 aliphatic heterocycles. The molecule has 4 heteroatoms. The van der Waals surface area contributed by atoms with Crippen LogP contribution in [-0.4, -0.2) is 38.3 Å². The molecule has 0 saturated heterocycles. The molecular weight excluding hydrogens is 235 g/mol. The number of benzene rings is 1. The summed E-state index contributed by atoms with van der Waals surface area (Å²) in [6, 6.07) is 5.47. The first-order valence-corrected chi connectivity index (χ1v) is 6.78. The highest BCUT2D eigenvalue weighted by molar-refractivity contribution is 7.99. The van der Waals surface area contributed by atoms with Crippen molar-refractivity contribution in [2.45, 2.75) is 17.9 Å². The second-order valence-electron chi connectivity index (χ2n) is 4.32. The maximum atomic E-state index is 13.8. The Morgan fingerprint density at radius 1 is 1.41 bits per heavy atom. The fourth-order valence-electron chi connectivity index (χ4n) is 1.50. The number of rotatable bonds is 6. The minimum atomic E-state index is -0.117. The van der Waals surface area contributed by atoms with Crippen LogP contribution in [0.3, 0.4) is 0 Å². The van der Waals surface area contributed by atoms with Crippen LogP contribution >= 0.6 is 11.8 Å². The zero-order valence-electron chi connectivity index (χ0n) is 11.0. The van der Waals surface area contributed by atoms with Gasteiger partial charge in [-0.1, -0.05) is 12.1 Å². The Balaban J connectivity index is 2.80. The summed E-state index contributed by atoms with van der Waals surface area (Å²) < 4.78 is 13.8. The van der Waals surface area contributed by atoms with Gasteiger partial charge in [-0.05, 0) is 39.7 Å². The van der Waals surface area contributed by atoms with Gasteiger partial charge >= 0.3 is 0 Å². The lowest BCUT2D eigenvalue weighted by Gasteiger charge is -2.17. The molecule has 0 radical (unpaired) electrons. The topological polar surface area (TPSA) is 15.3 Å². The molecule has 2 nitrogen and oxygen atoms in total. The molecule has 0 aliphatic rings. The number of nitrogens with zero attached hydrogens (tertiary/aromatic N) is 1. The van der Waals surface area contributed by atoms with Crippen LogP contribution in [-0.2, 0) is 0 Å². The van der Waals surface area contributed by atoms with Crippen molar-refractivity contribution in [1.82, 2.24) is 10.2 Å². The molecule has 1 N–H and O–H groups in total. The summed E-state index contributed by atoms with van der Waals surface area (Å²) in [6.45, 7) is 3.00. The van der Waals surface area contributed by atoms with Crippen LogP contribution in [0.5, 0.6) is 0 Å². The van der Waals surface area contributed by atoms with E-state index in [0.29, 0.717) is 0 Å². The van der Waals surface area contributed by atoms with Gasteiger partial charge in [0.05, 0.1) is 0 Å². The first-order valence-electron chi connectivity index (χ1n) is 5.79. The van der Waals surface area contributed by atoms with E-state index in [1.54, 1.807) is 17.8 Å². The standard InChI is InChI=1S/C13H21FN2S/c1-10(15-2)11-6-5-7-12(14)13(11)17-9-8-16(3)4/h5-7,10,15H,8-9H2,1-4H3. The first-order chi connectivity index (χ1) is 8.06. The predicted octanol–water partition coefficient (Wildman–Crippen LogP) is 2.76. The molecule has 96 valence electrons. The van der Waals surface area contributed by atoms with E-state index in [9.17, 15) is 4.39 Å². The Bertz CT molecular complexity index is 355. The van der Waals surface area contributed by atoms with Crippen LogP contribution in [0.25, 0.3) is 0 Å². The number of thioether (sulfide) groups is 1. The second kappa shape index (κ2) is 6.99. The van der Waals surface area contributed by atoms with E-state index in [1.165, 1.54) is 6.07 Å². The monoisotopic (exact) mass is 256 g/mol. The van der Waals surface area contributed by atoms with E-state index in [-0.39, 0.29) is 11.9 Å². The average molecular weight is 256 g/mol. The van der Waals surface area contributed by atoms with E-state index in [1.807, 2.05) is 34.1 Å². The third-order valence-corrected chi connectivity index (χ3v) is 3.79. The SMILES string of the molecule is CNC(C)c1cccc(F)c1SCCN(C)C. The molecule has 0 fully saturated rings. The third kappa shape index (κ3) is 4.30. The van der Waals surface area contributed by atoms with Crippen molar-refractivity contribution in [2.24, 2.45) is 0 Å². The fraction of sp³-hybridized carbons (Fsp3) is 0.538. The first kappa shape index (κ1) is 14.5. The van der Waals surface area contributed by atoms with Crippen molar-refractivity contribution >= 4 is 11.8 Å². The van der Waals surface area contributed by atoms with Crippen molar-refractivity contribution in [2.75, 3.05) is 33.4 Å². The summed E-state index contributed by atoms with van der Waals surface area (Å²) in [5.41, 5.74) is 1.04. The maximum absolute atomic E-state index is 13.8. The molecule has 0 aromatic heterocycles. The molecule has 17 heavy (non-hydrogen) atoms. The smallest absolute Gasteiger partial charge is 0.137 e. The summed E-state index contributed by atoms with van der Waals surface area (Å²) in [5.74, 6) is 0.783. The molecule has 0 amide bonds. The predicted molar refractivity (Wildman–Crippen MR) is 73.2 cm³/mol. The minimum Gasteiger partial charge on any atom is -0.313 e.